The summed E-state index contributed by atoms with van der Waals surface area (Å²) in [6.07, 6.45) is 4.46. The summed E-state index contributed by atoms with van der Waals surface area (Å²) in [5.41, 5.74) is 5.70. The summed E-state index contributed by atoms with van der Waals surface area (Å²) in [6, 6.07) is 0. The molecule has 0 aliphatic carbocycles. The minimum atomic E-state index is -0.350. The summed E-state index contributed by atoms with van der Waals surface area (Å²) >= 11 is 1.94. The van der Waals surface area contributed by atoms with Crippen molar-refractivity contribution in [3.05, 3.63) is 20.8 Å². The standard InChI is InChI=1S/C14H24N4O2S/c1-3-7-18-12(15)11(13(19)17(2)14(18)20)16-9-10-6-4-5-8-21-10/h10,16H,3-9,15H2,1-2H3. The summed E-state index contributed by atoms with van der Waals surface area (Å²) in [7, 11) is 1.50. The first kappa shape index (κ1) is 16.0. The molecule has 7 heteroatoms. The van der Waals surface area contributed by atoms with Gasteiger partial charge in [-0.1, -0.05) is 13.3 Å². The number of anilines is 2. The van der Waals surface area contributed by atoms with Gasteiger partial charge in [-0.05, 0) is 25.0 Å². The Morgan fingerprint density at radius 1 is 1.38 bits per heavy atom. The van der Waals surface area contributed by atoms with Gasteiger partial charge in [-0.2, -0.15) is 11.8 Å². The maximum absolute atomic E-state index is 12.2. The van der Waals surface area contributed by atoms with Crippen molar-refractivity contribution in [3.63, 3.8) is 0 Å². The van der Waals surface area contributed by atoms with E-state index >= 15 is 0 Å². The van der Waals surface area contributed by atoms with Crippen LogP contribution in [0.4, 0.5) is 11.5 Å². The lowest BCUT2D eigenvalue weighted by molar-refractivity contribution is 0.599. The zero-order valence-corrected chi connectivity index (χ0v) is 13.5. The van der Waals surface area contributed by atoms with E-state index in [4.69, 9.17) is 5.73 Å². The Labute approximate surface area is 128 Å². The van der Waals surface area contributed by atoms with Crippen LogP contribution in [0.3, 0.4) is 0 Å². The second kappa shape index (κ2) is 7.06. The number of nitrogens with one attached hydrogen (secondary N) is 1. The second-order valence-electron chi connectivity index (χ2n) is 5.43. The molecular formula is C14H24N4O2S. The fourth-order valence-electron chi connectivity index (χ4n) is 2.57. The Balaban J connectivity index is 2.25. The first-order valence-corrected chi connectivity index (χ1v) is 8.56. The Bertz CT molecular complexity index is 602. The molecule has 0 aromatic carbocycles. The minimum absolute atomic E-state index is 0.255. The summed E-state index contributed by atoms with van der Waals surface area (Å²) in [5, 5.41) is 3.69. The third kappa shape index (κ3) is 3.45. The molecule has 0 spiro atoms. The number of nitrogen functional groups attached to an aromatic ring is 1. The van der Waals surface area contributed by atoms with Crippen molar-refractivity contribution in [2.24, 2.45) is 7.05 Å². The highest BCUT2D eigenvalue weighted by Gasteiger charge is 2.18. The van der Waals surface area contributed by atoms with Gasteiger partial charge in [0.2, 0.25) is 0 Å². The van der Waals surface area contributed by atoms with E-state index in [1.165, 1.54) is 30.2 Å². The number of hydrogen-bond donors (Lipinski definition) is 2. The molecule has 6 nitrogen and oxygen atoms in total. The molecule has 1 unspecified atom stereocenters. The monoisotopic (exact) mass is 312 g/mol. The Morgan fingerprint density at radius 3 is 2.76 bits per heavy atom. The minimum Gasteiger partial charge on any atom is -0.383 e. The smallest absolute Gasteiger partial charge is 0.332 e. The van der Waals surface area contributed by atoms with Crippen molar-refractivity contribution in [2.45, 2.75) is 44.4 Å². The van der Waals surface area contributed by atoms with Gasteiger partial charge < -0.3 is 11.1 Å². The van der Waals surface area contributed by atoms with Crippen molar-refractivity contribution in [3.8, 4) is 0 Å². The predicted octanol–water partition coefficient (Wildman–Crippen LogP) is 1.24. The first-order chi connectivity index (χ1) is 10.1. The molecule has 1 aromatic rings. The average molecular weight is 312 g/mol. The molecule has 1 aliphatic heterocycles. The van der Waals surface area contributed by atoms with E-state index < -0.39 is 0 Å². The van der Waals surface area contributed by atoms with Gasteiger partial charge in [-0.25, -0.2) is 4.79 Å². The molecule has 1 atom stereocenters. The molecule has 1 fully saturated rings. The third-order valence-electron chi connectivity index (χ3n) is 3.81. The van der Waals surface area contributed by atoms with Crippen LogP contribution in [0, 0.1) is 0 Å². The summed E-state index contributed by atoms with van der Waals surface area (Å²) in [6.45, 7) is 3.21. The van der Waals surface area contributed by atoms with Crippen LogP contribution < -0.4 is 22.3 Å². The average Bonchev–Trinajstić information content (AvgIpc) is 2.50. The summed E-state index contributed by atoms with van der Waals surface area (Å²) in [4.78, 5) is 24.3. The molecule has 0 bridgehead atoms. The third-order valence-corrected chi connectivity index (χ3v) is 5.21. The molecule has 2 heterocycles. The Morgan fingerprint density at radius 2 is 2.14 bits per heavy atom. The molecule has 118 valence electrons. The first-order valence-electron chi connectivity index (χ1n) is 7.51. The van der Waals surface area contributed by atoms with Crippen molar-refractivity contribution in [1.82, 2.24) is 9.13 Å². The van der Waals surface area contributed by atoms with Gasteiger partial charge in [-0.15, -0.1) is 0 Å². The van der Waals surface area contributed by atoms with E-state index in [0.717, 1.165) is 17.4 Å². The highest BCUT2D eigenvalue weighted by molar-refractivity contribution is 7.99. The lowest BCUT2D eigenvalue weighted by atomic mass is 10.2. The summed E-state index contributed by atoms with van der Waals surface area (Å²) in [5.74, 6) is 1.43. The Hall–Kier alpha value is -1.37. The lowest BCUT2D eigenvalue weighted by Crippen LogP contribution is -2.41. The number of nitrogens with zero attached hydrogens (tertiary/aromatic N) is 2. The molecule has 21 heavy (non-hydrogen) atoms. The number of thioether (sulfide) groups is 1. The second-order valence-corrected chi connectivity index (χ2v) is 6.84. The molecule has 3 N–H and O–H groups in total. The number of rotatable bonds is 5. The lowest BCUT2D eigenvalue weighted by Gasteiger charge is -2.23. The van der Waals surface area contributed by atoms with Crippen LogP contribution in [-0.4, -0.2) is 26.7 Å². The van der Waals surface area contributed by atoms with Gasteiger partial charge >= 0.3 is 5.69 Å². The fourth-order valence-corrected chi connectivity index (χ4v) is 3.81. The zero-order valence-electron chi connectivity index (χ0n) is 12.7. The maximum atomic E-state index is 12.2. The molecular weight excluding hydrogens is 288 g/mol. The largest absolute Gasteiger partial charge is 0.383 e. The maximum Gasteiger partial charge on any atom is 0.332 e. The van der Waals surface area contributed by atoms with E-state index in [0.29, 0.717) is 24.0 Å². The van der Waals surface area contributed by atoms with E-state index in [-0.39, 0.29) is 17.1 Å². The quantitative estimate of drug-likeness (QED) is 0.855. The molecule has 2 rings (SSSR count). The fraction of sp³-hybridized carbons (Fsp3) is 0.714. The molecule has 1 saturated heterocycles. The van der Waals surface area contributed by atoms with Crippen molar-refractivity contribution in [1.29, 1.82) is 0 Å². The van der Waals surface area contributed by atoms with Gasteiger partial charge in [-0.3, -0.25) is 13.9 Å². The summed E-state index contributed by atoms with van der Waals surface area (Å²) < 4.78 is 2.60. The van der Waals surface area contributed by atoms with E-state index in [2.05, 4.69) is 5.32 Å². The molecule has 1 aliphatic rings. The number of hydrogen-bond acceptors (Lipinski definition) is 5. The van der Waals surface area contributed by atoms with Gasteiger partial charge in [0, 0.05) is 25.4 Å². The van der Waals surface area contributed by atoms with Gasteiger partial charge in [0.05, 0.1) is 0 Å². The van der Waals surface area contributed by atoms with Gasteiger partial charge in [0.1, 0.15) is 11.5 Å². The molecule has 0 saturated carbocycles. The van der Waals surface area contributed by atoms with Crippen LogP contribution in [-0.2, 0) is 13.6 Å². The van der Waals surface area contributed by atoms with Crippen LogP contribution >= 0.6 is 11.8 Å². The van der Waals surface area contributed by atoms with Crippen LogP contribution in [0.25, 0.3) is 0 Å². The van der Waals surface area contributed by atoms with E-state index in [1.54, 1.807) is 0 Å². The predicted molar refractivity (Wildman–Crippen MR) is 89.2 cm³/mol. The van der Waals surface area contributed by atoms with Crippen LogP contribution in [0.15, 0.2) is 9.59 Å². The highest BCUT2D eigenvalue weighted by atomic mass is 32.2. The number of nitrogens with two attached hydrogens (primary N) is 1. The Kier molecular flexibility index (Phi) is 5.39. The van der Waals surface area contributed by atoms with Crippen molar-refractivity contribution in [2.75, 3.05) is 23.3 Å². The highest BCUT2D eigenvalue weighted by Crippen LogP contribution is 2.25. The van der Waals surface area contributed by atoms with Crippen molar-refractivity contribution < 1.29 is 0 Å². The SMILES string of the molecule is CCCn1c(N)c(NCC2CCCCS2)c(=O)n(C)c1=O. The zero-order chi connectivity index (χ0) is 15.4. The van der Waals surface area contributed by atoms with Crippen LogP contribution in [0.2, 0.25) is 0 Å². The topological polar surface area (TPSA) is 82.0 Å². The molecule has 0 radical (unpaired) electrons. The van der Waals surface area contributed by atoms with Crippen molar-refractivity contribution >= 4 is 23.3 Å². The van der Waals surface area contributed by atoms with Gasteiger partial charge in [0.15, 0.2) is 0 Å². The number of aromatic nitrogens is 2. The van der Waals surface area contributed by atoms with E-state index in [9.17, 15) is 9.59 Å². The molecule has 1 aromatic heterocycles. The van der Waals surface area contributed by atoms with Crippen LogP contribution in [0.5, 0.6) is 0 Å². The van der Waals surface area contributed by atoms with Gasteiger partial charge in [0.25, 0.3) is 5.56 Å². The molecule has 0 amide bonds. The normalized spacial score (nSPS) is 18.7. The van der Waals surface area contributed by atoms with Crippen LogP contribution in [0.1, 0.15) is 32.6 Å². The van der Waals surface area contributed by atoms with E-state index in [1.807, 2.05) is 18.7 Å².